The van der Waals surface area contributed by atoms with Crippen LogP contribution in [-0.4, -0.2) is 22.6 Å². The molecule has 1 fully saturated rings. The van der Waals surface area contributed by atoms with Gasteiger partial charge in [-0.3, -0.25) is 14.4 Å². The maximum absolute atomic E-state index is 11.4. The zero-order chi connectivity index (χ0) is 10.7. The van der Waals surface area contributed by atoms with E-state index in [-0.39, 0.29) is 24.4 Å². The van der Waals surface area contributed by atoms with Crippen molar-refractivity contribution in [2.75, 3.05) is 0 Å². The van der Waals surface area contributed by atoms with Gasteiger partial charge in [-0.25, -0.2) is 0 Å². The molecule has 0 unspecified atom stereocenters. The lowest BCUT2D eigenvalue weighted by Gasteiger charge is -2.23. The average Bonchev–Trinajstić information content (AvgIpc) is 2.10. The normalized spacial score (nSPS) is 27.8. The summed E-state index contributed by atoms with van der Waals surface area (Å²) in [7, 11) is 0. The van der Waals surface area contributed by atoms with Crippen molar-refractivity contribution >= 4 is 17.5 Å². The van der Waals surface area contributed by atoms with E-state index in [1.807, 2.05) is 6.92 Å². The zero-order valence-electron chi connectivity index (χ0n) is 8.16. The number of carbonyl (C=O) groups is 3. The van der Waals surface area contributed by atoms with Gasteiger partial charge in [-0.15, -0.1) is 0 Å². The second-order valence-electron chi connectivity index (χ2n) is 3.72. The van der Waals surface area contributed by atoms with Crippen LogP contribution in [0.15, 0.2) is 0 Å². The Hall–Kier alpha value is -1.19. The predicted molar refractivity (Wildman–Crippen MR) is 48.8 cm³/mol. The molecule has 0 radical (unpaired) electrons. The monoisotopic (exact) mass is 198 g/mol. The lowest BCUT2D eigenvalue weighted by atomic mass is 9.78. The molecule has 0 heterocycles. The van der Waals surface area contributed by atoms with Gasteiger partial charge in [-0.2, -0.15) is 0 Å². The molecule has 1 rings (SSSR count). The summed E-state index contributed by atoms with van der Waals surface area (Å²) in [5, 5.41) is 8.69. The summed E-state index contributed by atoms with van der Waals surface area (Å²) >= 11 is 0. The summed E-state index contributed by atoms with van der Waals surface area (Å²) in [6.45, 7) is 1.91. The van der Waals surface area contributed by atoms with Crippen molar-refractivity contribution in [1.82, 2.24) is 0 Å². The Morgan fingerprint density at radius 2 is 1.86 bits per heavy atom. The van der Waals surface area contributed by atoms with Gasteiger partial charge in [0.25, 0.3) is 0 Å². The fourth-order valence-electron chi connectivity index (χ4n) is 1.81. The van der Waals surface area contributed by atoms with Crippen LogP contribution in [0.4, 0.5) is 0 Å². The van der Waals surface area contributed by atoms with E-state index in [1.54, 1.807) is 0 Å². The number of Topliss-reactive ketones (excluding diaryl/α,β-unsaturated/α-hetero) is 2. The molecular formula is C10H14O4. The van der Waals surface area contributed by atoms with Crippen LogP contribution in [0.2, 0.25) is 0 Å². The van der Waals surface area contributed by atoms with Gasteiger partial charge in [0.15, 0.2) is 0 Å². The van der Waals surface area contributed by atoms with Crippen LogP contribution in [0.1, 0.15) is 32.6 Å². The van der Waals surface area contributed by atoms with Gasteiger partial charge in [-0.05, 0) is 6.42 Å². The summed E-state index contributed by atoms with van der Waals surface area (Å²) < 4.78 is 0. The van der Waals surface area contributed by atoms with Gasteiger partial charge in [-0.1, -0.05) is 13.3 Å². The van der Waals surface area contributed by atoms with Crippen molar-refractivity contribution in [3.05, 3.63) is 0 Å². The molecule has 0 aromatic heterocycles. The molecule has 14 heavy (non-hydrogen) atoms. The lowest BCUT2D eigenvalue weighted by Crippen LogP contribution is -2.36. The molecule has 1 aliphatic carbocycles. The highest BCUT2D eigenvalue weighted by atomic mass is 16.4. The van der Waals surface area contributed by atoms with Crippen molar-refractivity contribution in [3.8, 4) is 0 Å². The zero-order valence-corrected chi connectivity index (χ0v) is 8.16. The van der Waals surface area contributed by atoms with Crippen molar-refractivity contribution in [1.29, 1.82) is 0 Å². The molecule has 0 atom stereocenters. The van der Waals surface area contributed by atoms with E-state index in [9.17, 15) is 14.4 Å². The molecular weight excluding hydrogens is 184 g/mol. The molecule has 0 spiro atoms. The fraction of sp³-hybridized carbons (Fsp3) is 0.700. The van der Waals surface area contributed by atoms with Crippen molar-refractivity contribution in [2.24, 2.45) is 11.8 Å². The maximum Gasteiger partial charge on any atom is 0.307 e. The molecule has 78 valence electrons. The molecule has 0 aromatic rings. The van der Waals surface area contributed by atoms with Crippen LogP contribution in [0.3, 0.4) is 0 Å². The second kappa shape index (κ2) is 4.35. The number of carbonyl (C=O) groups excluding carboxylic acids is 2. The molecule has 0 amide bonds. The van der Waals surface area contributed by atoms with Gasteiger partial charge in [0.05, 0.1) is 11.8 Å². The number of carboxylic acid groups (broad SMARTS) is 1. The van der Waals surface area contributed by atoms with Crippen LogP contribution in [0.25, 0.3) is 0 Å². The molecule has 0 saturated heterocycles. The number of carboxylic acids is 1. The smallest absolute Gasteiger partial charge is 0.307 e. The maximum atomic E-state index is 11.4. The minimum absolute atomic E-state index is 0.0196. The molecule has 0 aliphatic heterocycles. The van der Waals surface area contributed by atoms with Crippen LogP contribution < -0.4 is 0 Å². The fourth-order valence-corrected chi connectivity index (χ4v) is 1.81. The van der Waals surface area contributed by atoms with Gasteiger partial charge in [0.1, 0.15) is 11.6 Å². The summed E-state index contributed by atoms with van der Waals surface area (Å²) in [5.74, 6) is -2.76. The van der Waals surface area contributed by atoms with Gasteiger partial charge < -0.3 is 5.11 Å². The summed E-state index contributed by atoms with van der Waals surface area (Å²) in [5.41, 5.74) is 0. The van der Waals surface area contributed by atoms with E-state index in [2.05, 4.69) is 0 Å². The Balaban J connectivity index is 2.68. The summed E-state index contributed by atoms with van der Waals surface area (Å²) in [6.07, 6.45) is 1.38. The Morgan fingerprint density at radius 3 is 2.21 bits per heavy atom. The third-order valence-corrected chi connectivity index (χ3v) is 2.60. The van der Waals surface area contributed by atoms with E-state index >= 15 is 0 Å². The minimum atomic E-state index is -1.04. The largest absolute Gasteiger partial charge is 0.481 e. The molecule has 4 heteroatoms. The first kappa shape index (κ1) is 10.9. The number of hydrogen-bond donors (Lipinski definition) is 1. The molecule has 1 saturated carbocycles. The van der Waals surface area contributed by atoms with Crippen molar-refractivity contribution in [2.45, 2.75) is 32.6 Å². The van der Waals surface area contributed by atoms with E-state index < -0.39 is 17.8 Å². The first-order valence-electron chi connectivity index (χ1n) is 4.84. The number of aliphatic carboxylic acids is 1. The van der Waals surface area contributed by atoms with Crippen LogP contribution in [-0.2, 0) is 14.4 Å². The third-order valence-electron chi connectivity index (χ3n) is 2.60. The highest BCUT2D eigenvalue weighted by Crippen LogP contribution is 2.26. The standard InChI is InChI=1S/C10H14O4/c1-2-3-7-8(11)4-6(10(13)14)5-9(7)12/h6-7H,2-5H2,1H3,(H,13,14). The predicted octanol–water partition coefficient (Wildman–Crippen LogP) is 1.04. The number of hydrogen-bond acceptors (Lipinski definition) is 3. The van der Waals surface area contributed by atoms with Gasteiger partial charge in [0, 0.05) is 12.8 Å². The Kier molecular flexibility index (Phi) is 3.38. The van der Waals surface area contributed by atoms with E-state index in [1.165, 1.54) is 0 Å². The Labute approximate surface area is 82.3 Å². The van der Waals surface area contributed by atoms with Gasteiger partial charge >= 0.3 is 5.97 Å². The first-order chi connectivity index (χ1) is 6.56. The summed E-state index contributed by atoms with van der Waals surface area (Å²) in [6, 6.07) is 0. The van der Waals surface area contributed by atoms with Crippen LogP contribution in [0, 0.1) is 11.8 Å². The molecule has 0 aromatic carbocycles. The minimum Gasteiger partial charge on any atom is -0.481 e. The Bertz CT molecular complexity index is 251. The van der Waals surface area contributed by atoms with Crippen molar-refractivity contribution in [3.63, 3.8) is 0 Å². The van der Waals surface area contributed by atoms with E-state index in [0.29, 0.717) is 6.42 Å². The third kappa shape index (κ3) is 2.19. The number of rotatable bonds is 3. The highest BCUT2D eigenvalue weighted by Gasteiger charge is 2.37. The van der Waals surface area contributed by atoms with Crippen LogP contribution >= 0.6 is 0 Å². The average molecular weight is 198 g/mol. The Morgan fingerprint density at radius 1 is 1.36 bits per heavy atom. The van der Waals surface area contributed by atoms with E-state index in [4.69, 9.17) is 5.11 Å². The molecule has 1 N–H and O–H groups in total. The lowest BCUT2D eigenvalue weighted by molar-refractivity contribution is -0.150. The topological polar surface area (TPSA) is 71.4 Å². The van der Waals surface area contributed by atoms with E-state index in [0.717, 1.165) is 6.42 Å². The molecule has 4 nitrogen and oxygen atoms in total. The quantitative estimate of drug-likeness (QED) is 0.687. The SMILES string of the molecule is CCCC1C(=O)CC(C(=O)O)CC1=O. The number of ketones is 2. The molecule has 1 aliphatic rings. The summed E-state index contributed by atoms with van der Waals surface area (Å²) in [4.78, 5) is 33.5. The molecule has 0 bridgehead atoms. The van der Waals surface area contributed by atoms with Gasteiger partial charge in [0.2, 0.25) is 0 Å². The van der Waals surface area contributed by atoms with Crippen molar-refractivity contribution < 1.29 is 19.5 Å². The first-order valence-corrected chi connectivity index (χ1v) is 4.84. The highest BCUT2D eigenvalue weighted by molar-refractivity contribution is 6.07. The van der Waals surface area contributed by atoms with Crippen LogP contribution in [0.5, 0.6) is 0 Å². The second-order valence-corrected chi connectivity index (χ2v) is 3.72.